The quantitative estimate of drug-likeness (QED) is 0.802. The molecule has 2 unspecified atom stereocenters. The van der Waals surface area contributed by atoms with E-state index < -0.39 is 12.6 Å². The molecule has 1 aliphatic carbocycles. The van der Waals surface area contributed by atoms with Crippen LogP contribution in [0.25, 0.3) is 0 Å². The molecule has 0 spiro atoms. The van der Waals surface area contributed by atoms with Crippen molar-refractivity contribution in [3.63, 3.8) is 0 Å². The molecule has 92 valence electrons. The summed E-state index contributed by atoms with van der Waals surface area (Å²) in [7, 11) is 0. The van der Waals surface area contributed by atoms with Crippen LogP contribution in [0.2, 0.25) is 0 Å². The molecule has 4 nitrogen and oxygen atoms in total. The number of hydrogen-bond donors (Lipinski definition) is 0. The summed E-state index contributed by atoms with van der Waals surface area (Å²) in [5.74, 6) is -0.795. The number of alkyl halides is 3. The molecule has 1 saturated carbocycles. The summed E-state index contributed by atoms with van der Waals surface area (Å²) in [4.78, 5) is 3.70. The van der Waals surface area contributed by atoms with Crippen LogP contribution >= 0.6 is 0 Å². The van der Waals surface area contributed by atoms with Crippen LogP contribution in [0.1, 0.15) is 31.5 Å². The Morgan fingerprint density at radius 1 is 1.47 bits per heavy atom. The Labute approximate surface area is 95.4 Å². The molecule has 0 saturated heterocycles. The molecule has 2 atom stereocenters. The van der Waals surface area contributed by atoms with E-state index in [1.165, 1.54) is 0 Å². The lowest BCUT2D eigenvalue weighted by Crippen LogP contribution is -2.12. The van der Waals surface area contributed by atoms with E-state index in [0.29, 0.717) is 0 Å². The SMILES string of the molecule is CC1(C)C(C#N)C1c1nc(CC(F)(F)F)no1. The maximum absolute atomic E-state index is 12.1. The van der Waals surface area contributed by atoms with Crippen LogP contribution in [-0.2, 0) is 6.42 Å². The third-order valence-corrected chi connectivity index (χ3v) is 3.07. The van der Waals surface area contributed by atoms with Crippen LogP contribution in [0.15, 0.2) is 4.52 Å². The molecule has 2 rings (SSSR count). The van der Waals surface area contributed by atoms with E-state index >= 15 is 0 Å². The fourth-order valence-electron chi connectivity index (χ4n) is 1.98. The predicted octanol–water partition coefficient (Wildman–Crippen LogP) is 2.44. The zero-order chi connectivity index (χ0) is 12.8. The van der Waals surface area contributed by atoms with Gasteiger partial charge in [-0.2, -0.15) is 23.4 Å². The fraction of sp³-hybridized carbons (Fsp3) is 0.700. The van der Waals surface area contributed by atoms with Gasteiger partial charge in [-0.3, -0.25) is 0 Å². The van der Waals surface area contributed by atoms with Crippen molar-refractivity contribution in [2.75, 3.05) is 0 Å². The van der Waals surface area contributed by atoms with Crippen LogP contribution in [0.3, 0.4) is 0 Å². The van der Waals surface area contributed by atoms with Gasteiger partial charge < -0.3 is 4.52 Å². The van der Waals surface area contributed by atoms with Crippen molar-refractivity contribution in [1.29, 1.82) is 5.26 Å². The molecule has 1 aromatic heterocycles. The molecule has 0 amide bonds. The molecule has 0 aromatic carbocycles. The van der Waals surface area contributed by atoms with Gasteiger partial charge in [-0.15, -0.1) is 0 Å². The summed E-state index contributed by atoms with van der Waals surface area (Å²) in [5, 5.41) is 12.1. The number of rotatable bonds is 2. The van der Waals surface area contributed by atoms with Crippen LogP contribution in [-0.4, -0.2) is 16.3 Å². The largest absolute Gasteiger partial charge is 0.396 e. The molecule has 17 heavy (non-hydrogen) atoms. The first kappa shape index (κ1) is 11.9. The normalized spacial score (nSPS) is 26.6. The number of halogens is 3. The maximum atomic E-state index is 12.1. The number of hydrogen-bond acceptors (Lipinski definition) is 4. The second kappa shape index (κ2) is 3.45. The Kier molecular flexibility index (Phi) is 2.42. The van der Waals surface area contributed by atoms with Gasteiger partial charge in [0.1, 0.15) is 6.42 Å². The van der Waals surface area contributed by atoms with Crippen LogP contribution < -0.4 is 0 Å². The first-order valence-corrected chi connectivity index (χ1v) is 5.04. The van der Waals surface area contributed by atoms with E-state index in [4.69, 9.17) is 9.78 Å². The second-order valence-corrected chi connectivity index (χ2v) is 4.75. The monoisotopic (exact) mass is 245 g/mol. The molecule has 1 heterocycles. The Hall–Kier alpha value is -1.58. The standard InChI is InChI=1S/C10H10F3N3O/c1-9(2)5(4-14)7(9)8-15-6(16-17-8)3-10(11,12)13/h5,7H,3H2,1-2H3. The highest BCUT2D eigenvalue weighted by Crippen LogP contribution is 2.63. The van der Waals surface area contributed by atoms with Crippen LogP contribution in [0.4, 0.5) is 13.2 Å². The third-order valence-electron chi connectivity index (χ3n) is 3.07. The van der Waals surface area contributed by atoms with Crippen molar-refractivity contribution in [3.8, 4) is 6.07 Å². The van der Waals surface area contributed by atoms with E-state index in [0.717, 1.165) is 0 Å². The van der Waals surface area contributed by atoms with Crippen molar-refractivity contribution in [2.45, 2.75) is 32.4 Å². The van der Waals surface area contributed by atoms with Crippen molar-refractivity contribution in [1.82, 2.24) is 10.1 Å². The molecule has 0 radical (unpaired) electrons. The van der Waals surface area contributed by atoms with Gasteiger partial charge in [0.15, 0.2) is 5.82 Å². The summed E-state index contributed by atoms with van der Waals surface area (Å²) in [6, 6.07) is 2.09. The van der Waals surface area contributed by atoms with Gasteiger partial charge in [-0.25, -0.2) is 0 Å². The summed E-state index contributed by atoms with van der Waals surface area (Å²) < 4.78 is 41.1. The summed E-state index contributed by atoms with van der Waals surface area (Å²) in [5.41, 5.74) is -0.309. The topological polar surface area (TPSA) is 62.7 Å². The van der Waals surface area contributed by atoms with Gasteiger partial charge >= 0.3 is 6.18 Å². The van der Waals surface area contributed by atoms with Crippen molar-refractivity contribution < 1.29 is 17.7 Å². The van der Waals surface area contributed by atoms with Gasteiger partial charge in [0.05, 0.1) is 17.9 Å². The van der Waals surface area contributed by atoms with Gasteiger partial charge in [-0.05, 0) is 5.41 Å². The Bertz CT molecular complexity index is 472. The minimum absolute atomic E-state index is 0.126. The van der Waals surface area contributed by atoms with Gasteiger partial charge in [0.25, 0.3) is 0 Å². The van der Waals surface area contributed by atoms with Gasteiger partial charge in [-0.1, -0.05) is 19.0 Å². The molecule has 0 N–H and O–H groups in total. The fourth-order valence-corrected chi connectivity index (χ4v) is 1.98. The van der Waals surface area contributed by atoms with E-state index in [1.807, 2.05) is 13.8 Å². The Balaban J connectivity index is 2.14. The average molecular weight is 245 g/mol. The Morgan fingerprint density at radius 2 is 2.12 bits per heavy atom. The highest BCUT2D eigenvalue weighted by Gasteiger charge is 2.62. The zero-order valence-electron chi connectivity index (χ0n) is 9.25. The van der Waals surface area contributed by atoms with Crippen molar-refractivity contribution in [3.05, 3.63) is 11.7 Å². The lowest BCUT2D eigenvalue weighted by Gasteiger charge is -1.99. The number of aromatic nitrogens is 2. The highest BCUT2D eigenvalue weighted by molar-refractivity contribution is 5.26. The molecule has 0 bridgehead atoms. The van der Waals surface area contributed by atoms with Gasteiger partial charge in [0, 0.05) is 0 Å². The minimum atomic E-state index is -4.35. The molecule has 1 aliphatic rings. The van der Waals surface area contributed by atoms with E-state index in [2.05, 4.69) is 16.2 Å². The van der Waals surface area contributed by atoms with E-state index in [9.17, 15) is 13.2 Å². The molecular weight excluding hydrogens is 235 g/mol. The predicted molar refractivity (Wildman–Crippen MR) is 49.7 cm³/mol. The summed E-state index contributed by atoms with van der Waals surface area (Å²) >= 11 is 0. The average Bonchev–Trinajstić information content (AvgIpc) is 2.54. The smallest absolute Gasteiger partial charge is 0.339 e. The first-order chi connectivity index (χ1) is 7.75. The minimum Gasteiger partial charge on any atom is -0.339 e. The summed E-state index contributed by atoms with van der Waals surface area (Å²) in [6.07, 6.45) is -5.56. The second-order valence-electron chi connectivity index (χ2n) is 4.75. The zero-order valence-corrected chi connectivity index (χ0v) is 9.25. The lowest BCUT2D eigenvalue weighted by molar-refractivity contribution is -0.128. The number of nitriles is 1. The van der Waals surface area contributed by atoms with E-state index in [1.54, 1.807) is 0 Å². The lowest BCUT2D eigenvalue weighted by atomic mass is 10.1. The Morgan fingerprint density at radius 3 is 2.59 bits per heavy atom. The molecule has 1 fully saturated rings. The molecule has 1 aromatic rings. The van der Waals surface area contributed by atoms with Crippen molar-refractivity contribution >= 4 is 0 Å². The summed E-state index contributed by atoms with van der Waals surface area (Å²) in [6.45, 7) is 3.69. The third kappa shape index (κ3) is 2.12. The first-order valence-electron chi connectivity index (χ1n) is 5.04. The maximum Gasteiger partial charge on any atom is 0.396 e. The van der Waals surface area contributed by atoms with Crippen molar-refractivity contribution in [2.24, 2.45) is 11.3 Å². The van der Waals surface area contributed by atoms with Gasteiger partial charge in [0.2, 0.25) is 5.89 Å². The molecule has 7 heteroatoms. The molecular formula is C10H10F3N3O. The highest BCUT2D eigenvalue weighted by atomic mass is 19.4. The number of nitrogens with zero attached hydrogens (tertiary/aromatic N) is 3. The van der Waals surface area contributed by atoms with Crippen LogP contribution in [0, 0.1) is 22.7 Å². The van der Waals surface area contributed by atoms with Crippen LogP contribution in [0.5, 0.6) is 0 Å². The van der Waals surface area contributed by atoms with E-state index in [-0.39, 0.29) is 29.0 Å². The molecule has 0 aliphatic heterocycles.